The van der Waals surface area contributed by atoms with Crippen LogP contribution in [0.5, 0.6) is 0 Å². The lowest BCUT2D eigenvalue weighted by molar-refractivity contribution is -0.310. The van der Waals surface area contributed by atoms with Crippen molar-refractivity contribution < 1.29 is 19.1 Å². The van der Waals surface area contributed by atoms with Crippen LogP contribution in [0.2, 0.25) is 0 Å². The standard InChI is InChI=1S/C12H12FNO3S/c1-7(15)14-10(12(16)17)6-18-11(14)8-2-4-9(13)5-3-8/h2-5,10-11H,6H2,1H3,(H,16,17)/p-1/t10-,11-/m0/s1. The first-order chi connectivity index (χ1) is 8.50. The van der Waals surface area contributed by atoms with E-state index in [9.17, 15) is 19.1 Å². The number of hydrogen-bond donors (Lipinski definition) is 0. The predicted octanol–water partition coefficient (Wildman–Crippen LogP) is 0.538. The first kappa shape index (κ1) is 12.9. The van der Waals surface area contributed by atoms with Crippen LogP contribution in [0.1, 0.15) is 17.9 Å². The van der Waals surface area contributed by atoms with Crippen LogP contribution in [0.3, 0.4) is 0 Å². The third-order valence-corrected chi connectivity index (χ3v) is 4.11. The number of aliphatic carboxylic acids is 1. The molecule has 0 bridgehead atoms. The zero-order chi connectivity index (χ0) is 13.3. The van der Waals surface area contributed by atoms with Gasteiger partial charge >= 0.3 is 0 Å². The van der Waals surface area contributed by atoms with Gasteiger partial charge in [-0.3, -0.25) is 4.79 Å². The highest BCUT2D eigenvalue weighted by Gasteiger charge is 2.37. The summed E-state index contributed by atoms with van der Waals surface area (Å²) in [5.74, 6) is -1.68. The summed E-state index contributed by atoms with van der Waals surface area (Å²) < 4.78 is 12.8. The summed E-state index contributed by atoms with van der Waals surface area (Å²) >= 11 is 1.34. The molecule has 96 valence electrons. The highest BCUT2D eigenvalue weighted by Crippen LogP contribution is 2.41. The van der Waals surface area contributed by atoms with Gasteiger partial charge in [0.25, 0.3) is 0 Å². The van der Waals surface area contributed by atoms with Crippen LogP contribution in [-0.4, -0.2) is 28.6 Å². The maximum absolute atomic E-state index is 12.8. The molecule has 0 radical (unpaired) electrons. The average molecular weight is 268 g/mol. The van der Waals surface area contributed by atoms with Gasteiger partial charge in [0.2, 0.25) is 5.91 Å². The number of hydrogen-bond acceptors (Lipinski definition) is 4. The Morgan fingerprint density at radius 1 is 1.39 bits per heavy atom. The third-order valence-electron chi connectivity index (χ3n) is 2.79. The minimum absolute atomic E-state index is 0.282. The number of nitrogens with zero attached hydrogens (tertiary/aromatic N) is 1. The predicted molar refractivity (Wildman–Crippen MR) is 62.9 cm³/mol. The zero-order valence-corrected chi connectivity index (χ0v) is 10.4. The second-order valence-corrected chi connectivity index (χ2v) is 5.11. The lowest BCUT2D eigenvalue weighted by atomic mass is 10.1. The van der Waals surface area contributed by atoms with E-state index < -0.39 is 17.4 Å². The van der Waals surface area contributed by atoms with E-state index in [4.69, 9.17) is 0 Å². The van der Waals surface area contributed by atoms with Crippen LogP contribution >= 0.6 is 11.8 Å². The molecule has 0 unspecified atom stereocenters. The third kappa shape index (κ3) is 2.33. The van der Waals surface area contributed by atoms with Crippen molar-refractivity contribution in [2.75, 3.05) is 5.75 Å². The number of carbonyl (C=O) groups excluding carboxylic acids is 2. The second-order valence-electron chi connectivity index (χ2n) is 4.00. The lowest BCUT2D eigenvalue weighted by Gasteiger charge is -2.29. The van der Waals surface area contributed by atoms with Gasteiger partial charge < -0.3 is 14.8 Å². The molecule has 0 saturated carbocycles. The monoisotopic (exact) mass is 268 g/mol. The fourth-order valence-corrected chi connectivity index (χ4v) is 3.42. The molecule has 1 amide bonds. The van der Waals surface area contributed by atoms with Crippen LogP contribution in [0.4, 0.5) is 4.39 Å². The van der Waals surface area contributed by atoms with Crippen molar-refractivity contribution in [2.45, 2.75) is 18.3 Å². The van der Waals surface area contributed by atoms with E-state index in [2.05, 4.69) is 0 Å². The Hall–Kier alpha value is -1.56. The maximum Gasteiger partial charge on any atom is 0.221 e. The van der Waals surface area contributed by atoms with Gasteiger partial charge in [0.05, 0.1) is 12.0 Å². The summed E-state index contributed by atoms with van der Waals surface area (Å²) in [6.45, 7) is 1.32. The molecule has 2 rings (SSSR count). The highest BCUT2D eigenvalue weighted by atomic mass is 32.2. The van der Waals surface area contributed by atoms with Crippen LogP contribution in [-0.2, 0) is 9.59 Å². The average Bonchev–Trinajstić information content (AvgIpc) is 2.74. The van der Waals surface area contributed by atoms with E-state index in [0.717, 1.165) is 0 Å². The molecule has 1 saturated heterocycles. The highest BCUT2D eigenvalue weighted by molar-refractivity contribution is 7.99. The molecule has 2 atom stereocenters. The fraction of sp³-hybridized carbons (Fsp3) is 0.333. The minimum Gasteiger partial charge on any atom is -0.548 e. The smallest absolute Gasteiger partial charge is 0.221 e. The largest absolute Gasteiger partial charge is 0.548 e. The van der Waals surface area contributed by atoms with Crippen molar-refractivity contribution in [2.24, 2.45) is 0 Å². The molecule has 1 heterocycles. The van der Waals surface area contributed by atoms with Gasteiger partial charge in [-0.15, -0.1) is 11.8 Å². The SMILES string of the molecule is CC(=O)N1[C@H](C(=O)[O-])CS[C@H]1c1ccc(F)cc1. The summed E-state index contributed by atoms with van der Waals surface area (Å²) in [4.78, 5) is 23.8. The van der Waals surface area contributed by atoms with Crippen LogP contribution in [0, 0.1) is 5.82 Å². The van der Waals surface area contributed by atoms with E-state index in [1.165, 1.54) is 35.7 Å². The molecule has 0 aliphatic carbocycles. The van der Waals surface area contributed by atoms with Crippen molar-refractivity contribution >= 4 is 23.6 Å². The molecule has 1 fully saturated rings. The number of benzene rings is 1. The Bertz CT molecular complexity index is 477. The van der Waals surface area contributed by atoms with E-state index >= 15 is 0 Å². The molecule has 0 spiro atoms. The van der Waals surface area contributed by atoms with Gasteiger partial charge in [-0.2, -0.15) is 0 Å². The van der Waals surface area contributed by atoms with Gasteiger partial charge in [-0.25, -0.2) is 4.39 Å². The Morgan fingerprint density at radius 2 is 2.00 bits per heavy atom. The first-order valence-electron chi connectivity index (χ1n) is 5.37. The molecule has 1 aliphatic heterocycles. The molecular weight excluding hydrogens is 257 g/mol. The Labute approximate surface area is 108 Å². The minimum atomic E-state index is -1.26. The zero-order valence-electron chi connectivity index (χ0n) is 9.63. The van der Waals surface area contributed by atoms with E-state index in [1.807, 2.05) is 0 Å². The molecule has 4 nitrogen and oxygen atoms in total. The first-order valence-corrected chi connectivity index (χ1v) is 6.42. The Morgan fingerprint density at radius 3 is 2.50 bits per heavy atom. The number of thioether (sulfide) groups is 1. The normalized spacial score (nSPS) is 23.1. The second kappa shape index (κ2) is 4.97. The molecule has 6 heteroatoms. The van der Waals surface area contributed by atoms with Gasteiger partial charge in [-0.1, -0.05) is 12.1 Å². The van der Waals surface area contributed by atoms with E-state index in [0.29, 0.717) is 5.56 Å². The summed E-state index contributed by atoms with van der Waals surface area (Å²) in [7, 11) is 0. The summed E-state index contributed by atoms with van der Waals surface area (Å²) in [6, 6.07) is 4.77. The van der Waals surface area contributed by atoms with Crippen molar-refractivity contribution in [1.82, 2.24) is 4.90 Å². The fourth-order valence-electron chi connectivity index (χ4n) is 1.96. The lowest BCUT2D eigenvalue weighted by Crippen LogP contribution is -2.48. The molecule has 1 aromatic rings. The van der Waals surface area contributed by atoms with Crippen molar-refractivity contribution in [3.8, 4) is 0 Å². The number of rotatable bonds is 2. The summed E-state index contributed by atoms with van der Waals surface area (Å²) in [5.41, 5.74) is 0.709. The van der Waals surface area contributed by atoms with Crippen molar-refractivity contribution in [1.29, 1.82) is 0 Å². The number of amides is 1. The van der Waals surface area contributed by atoms with E-state index in [1.54, 1.807) is 12.1 Å². The Kier molecular flexibility index (Phi) is 3.56. The molecule has 0 N–H and O–H groups in total. The number of carboxylic acids is 1. The van der Waals surface area contributed by atoms with Gasteiger partial charge in [0, 0.05) is 12.7 Å². The quantitative estimate of drug-likeness (QED) is 0.785. The van der Waals surface area contributed by atoms with Crippen molar-refractivity contribution in [3.63, 3.8) is 0 Å². The number of halogens is 1. The molecule has 1 aromatic carbocycles. The Balaban J connectivity index is 2.30. The molecule has 18 heavy (non-hydrogen) atoms. The molecular formula is C12H11FNO3S-. The van der Waals surface area contributed by atoms with E-state index in [-0.39, 0.29) is 17.5 Å². The van der Waals surface area contributed by atoms with Gasteiger partial charge in [0.15, 0.2) is 0 Å². The van der Waals surface area contributed by atoms with Gasteiger partial charge in [-0.05, 0) is 17.7 Å². The molecule has 0 aromatic heterocycles. The summed E-state index contributed by atoms with van der Waals surface area (Å²) in [6.07, 6.45) is 0. The van der Waals surface area contributed by atoms with Crippen molar-refractivity contribution in [3.05, 3.63) is 35.6 Å². The summed E-state index contributed by atoms with van der Waals surface area (Å²) in [5, 5.41) is 10.6. The maximum atomic E-state index is 12.8. The van der Waals surface area contributed by atoms with Crippen LogP contribution < -0.4 is 5.11 Å². The topological polar surface area (TPSA) is 60.4 Å². The number of carboxylic acid groups (broad SMARTS) is 1. The van der Waals surface area contributed by atoms with Crippen LogP contribution in [0.25, 0.3) is 0 Å². The number of carbonyl (C=O) groups is 2. The van der Waals surface area contributed by atoms with Gasteiger partial charge in [0.1, 0.15) is 11.2 Å². The van der Waals surface area contributed by atoms with Crippen LogP contribution in [0.15, 0.2) is 24.3 Å². The molecule has 1 aliphatic rings.